The summed E-state index contributed by atoms with van der Waals surface area (Å²) in [7, 11) is -3.45. The lowest BCUT2D eigenvalue weighted by Gasteiger charge is -2.07. The van der Waals surface area contributed by atoms with Gasteiger partial charge in [-0.25, -0.2) is 13.1 Å². The zero-order valence-corrected chi connectivity index (χ0v) is 15.1. The fourth-order valence-electron chi connectivity index (χ4n) is 2.28. The summed E-state index contributed by atoms with van der Waals surface area (Å²) in [4.78, 5) is 12.0. The van der Waals surface area contributed by atoms with E-state index in [1.54, 1.807) is 42.7 Å². The van der Waals surface area contributed by atoms with Gasteiger partial charge in [-0.2, -0.15) is 0 Å². The van der Waals surface area contributed by atoms with Crippen LogP contribution in [0.3, 0.4) is 0 Å². The zero-order valence-electron chi connectivity index (χ0n) is 14.3. The first kappa shape index (κ1) is 19.2. The Kier molecular flexibility index (Phi) is 7.21. The molecule has 0 spiro atoms. The van der Waals surface area contributed by atoms with E-state index >= 15 is 0 Å². The van der Waals surface area contributed by atoms with Crippen LogP contribution in [-0.4, -0.2) is 20.9 Å². The molecule has 0 bridgehead atoms. The molecule has 0 aliphatic carbocycles. The van der Waals surface area contributed by atoms with Crippen molar-refractivity contribution in [3.8, 4) is 0 Å². The predicted octanol–water partition coefficient (Wildman–Crippen LogP) is 2.74. The van der Waals surface area contributed by atoms with E-state index in [1.807, 2.05) is 6.92 Å². The highest BCUT2D eigenvalue weighted by molar-refractivity contribution is 7.89. The van der Waals surface area contributed by atoms with Crippen LogP contribution in [-0.2, 0) is 21.4 Å². The number of unbranched alkanes of at least 4 members (excludes halogenated alkanes) is 2. The second kappa shape index (κ2) is 9.39. The minimum Gasteiger partial charge on any atom is -0.467 e. The van der Waals surface area contributed by atoms with Crippen molar-refractivity contribution in [3.05, 3.63) is 54.0 Å². The maximum absolute atomic E-state index is 12.1. The molecule has 2 N–H and O–H groups in total. The van der Waals surface area contributed by atoms with Crippen LogP contribution in [0.4, 0.5) is 0 Å². The van der Waals surface area contributed by atoms with Crippen molar-refractivity contribution in [1.29, 1.82) is 0 Å². The standard InChI is InChI=1S/C18H24N2O4S/c1-15-8-10-17(11-9-15)25(22,23)20-12-4-2-3-7-18(21)19-14-16-6-5-13-24-16/h5-6,8-11,13,20H,2-4,7,12,14H2,1H3,(H,19,21). The highest BCUT2D eigenvalue weighted by atomic mass is 32.2. The van der Waals surface area contributed by atoms with E-state index in [0.717, 1.165) is 24.2 Å². The molecule has 7 heteroatoms. The second-order valence-corrected chi connectivity index (χ2v) is 7.64. The molecule has 2 rings (SSSR count). The van der Waals surface area contributed by atoms with Crippen molar-refractivity contribution in [2.45, 2.75) is 44.0 Å². The molecule has 136 valence electrons. The second-order valence-electron chi connectivity index (χ2n) is 5.88. The topological polar surface area (TPSA) is 88.4 Å². The minimum absolute atomic E-state index is 0.0309. The molecule has 0 fully saturated rings. The van der Waals surface area contributed by atoms with E-state index in [1.165, 1.54) is 0 Å². The van der Waals surface area contributed by atoms with Gasteiger partial charge in [0, 0.05) is 13.0 Å². The fraction of sp³-hybridized carbons (Fsp3) is 0.389. The van der Waals surface area contributed by atoms with E-state index in [-0.39, 0.29) is 10.8 Å². The van der Waals surface area contributed by atoms with Gasteiger partial charge in [-0.05, 0) is 44.0 Å². The summed E-state index contributed by atoms with van der Waals surface area (Å²) < 4.78 is 31.9. The number of aryl methyl sites for hydroxylation is 1. The molecule has 0 saturated heterocycles. The van der Waals surface area contributed by atoms with Gasteiger partial charge in [0.15, 0.2) is 0 Å². The van der Waals surface area contributed by atoms with Crippen LogP contribution in [0.15, 0.2) is 52.0 Å². The molecular weight excluding hydrogens is 340 g/mol. The van der Waals surface area contributed by atoms with Gasteiger partial charge in [0.1, 0.15) is 5.76 Å². The first-order valence-electron chi connectivity index (χ1n) is 8.33. The molecule has 2 aromatic rings. The van der Waals surface area contributed by atoms with Crippen LogP contribution < -0.4 is 10.0 Å². The van der Waals surface area contributed by atoms with E-state index in [4.69, 9.17) is 4.42 Å². The van der Waals surface area contributed by atoms with E-state index in [2.05, 4.69) is 10.0 Å². The lowest BCUT2D eigenvalue weighted by molar-refractivity contribution is -0.121. The van der Waals surface area contributed by atoms with Gasteiger partial charge < -0.3 is 9.73 Å². The van der Waals surface area contributed by atoms with Gasteiger partial charge in [0.2, 0.25) is 15.9 Å². The molecule has 0 atom stereocenters. The van der Waals surface area contributed by atoms with Crippen molar-refractivity contribution in [2.75, 3.05) is 6.54 Å². The lowest BCUT2D eigenvalue weighted by Crippen LogP contribution is -2.25. The number of rotatable bonds is 10. The minimum atomic E-state index is -3.45. The summed E-state index contributed by atoms with van der Waals surface area (Å²) in [6, 6.07) is 10.3. The summed E-state index contributed by atoms with van der Waals surface area (Å²) in [5, 5.41) is 2.78. The third-order valence-electron chi connectivity index (χ3n) is 3.74. The highest BCUT2D eigenvalue weighted by Gasteiger charge is 2.12. The Morgan fingerprint density at radius 2 is 1.84 bits per heavy atom. The van der Waals surface area contributed by atoms with Gasteiger partial charge in [-0.15, -0.1) is 0 Å². The fourth-order valence-corrected chi connectivity index (χ4v) is 3.36. The number of hydrogen-bond donors (Lipinski definition) is 2. The zero-order chi connectivity index (χ0) is 18.1. The van der Waals surface area contributed by atoms with Gasteiger partial charge >= 0.3 is 0 Å². The van der Waals surface area contributed by atoms with Crippen LogP contribution in [0.25, 0.3) is 0 Å². The average Bonchev–Trinajstić information content (AvgIpc) is 3.10. The summed E-state index contributed by atoms with van der Waals surface area (Å²) in [5.41, 5.74) is 1.02. The Morgan fingerprint density at radius 1 is 1.08 bits per heavy atom. The Balaban J connectivity index is 1.58. The lowest BCUT2D eigenvalue weighted by atomic mass is 10.2. The van der Waals surface area contributed by atoms with Crippen LogP contribution in [0, 0.1) is 6.92 Å². The quantitative estimate of drug-likeness (QED) is 0.635. The Labute approximate surface area is 148 Å². The molecule has 0 saturated carbocycles. The van der Waals surface area contributed by atoms with Crippen molar-refractivity contribution < 1.29 is 17.6 Å². The molecule has 0 unspecified atom stereocenters. The molecule has 6 nitrogen and oxygen atoms in total. The number of carbonyl (C=O) groups excluding carboxylic acids is 1. The van der Waals surface area contributed by atoms with Crippen LogP contribution in [0.2, 0.25) is 0 Å². The van der Waals surface area contributed by atoms with Gasteiger partial charge in [-0.1, -0.05) is 24.1 Å². The van der Waals surface area contributed by atoms with Crippen LogP contribution >= 0.6 is 0 Å². The number of amides is 1. The number of nitrogens with one attached hydrogen (secondary N) is 2. The normalized spacial score (nSPS) is 11.4. The summed E-state index contributed by atoms with van der Waals surface area (Å²) in [5.74, 6) is 0.690. The number of carbonyl (C=O) groups is 1. The monoisotopic (exact) mass is 364 g/mol. The number of hydrogen-bond acceptors (Lipinski definition) is 4. The van der Waals surface area contributed by atoms with E-state index in [0.29, 0.717) is 25.9 Å². The first-order valence-corrected chi connectivity index (χ1v) is 9.81. The molecule has 1 heterocycles. The highest BCUT2D eigenvalue weighted by Crippen LogP contribution is 2.10. The molecule has 25 heavy (non-hydrogen) atoms. The summed E-state index contributed by atoms with van der Waals surface area (Å²) in [6.07, 6.45) is 4.18. The maximum Gasteiger partial charge on any atom is 0.240 e. The SMILES string of the molecule is Cc1ccc(S(=O)(=O)NCCCCCC(=O)NCc2ccco2)cc1. The largest absolute Gasteiger partial charge is 0.467 e. The Hall–Kier alpha value is -2.12. The Morgan fingerprint density at radius 3 is 2.52 bits per heavy atom. The number of furan rings is 1. The smallest absolute Gasteiger partial charge is 0.240 e. The van der Waals surface area contributed by atoms with Crippen LogP contribution in [0.5, 0.6) is 0 Å². The van der Waals surface area contributed by atoms with Gasteiger partial charge in [0.25, 0.3) is 0 Å². The van der Waals surface area contributed by atoms with Crippen molar-refractivity contribution in [1.82, 2.24) is 10.0 Å². The molecule has 0 radical (unpaired) electrons. The Bertz CT molecular complexity index is 753. The van der Waals surface area contributed by atoms with Gasteiger partial charge in [-0.3, -0.25) is 4.79 Å². The van der Waals surface area contributed by atoms with E-state index in [9.17, 15) is 13.2 Å². The third kappa shape index (κ3) is 6.72. The molecular formula is C18H24N2O4S. The summed E-state index contributed by atoms with van der Waals surface area (Å²) >= 11 is 0. The summed E-state index contributed by atoms with van der Waals surface area (Å²) in [6.45, 7) is 2.67. The number of sulfonamides is 1. The molecule has 1 amide bonds. The molecule has 0 aliphatic rings. The number of benzene rings is 1. The van der Waals surface area contributed by atoms with Gasteiger partial charge in [0.05, 0.1) is 17.7 Å². The van der Waals surface area contributed by atoms with Crippen molar-refractivity contribution in [2.24, 2.45) is 0 Å². The predicted molar refractivity (Wildman–Crippen MR) is 95.4 cm³/mol. The maximum atomic E-state index is 12.1. The molecule has 0 aliphatic heterocycles. The first-order chi connectivity index (χ1) is 12.0. The van der Waals surface area contributed by atoms with Crippen molar-refractivity contribution in [3.63, 3.8) is 0 Å². The van der Waals surface area contributed by atoms with Crippen molar-refractivity contribution >= 4 is 15.9 Å². The molecule has 1 aromatic heterocycles. The van der Waals surface area contributed by atoms with Crippen LogP contribution in [0.1, 0.15) is 37.0 Å². The molecule has 1 aromatic carbocycles. The average molecular weight is 364 g/mol. The third-order valence-corrected chi connectivity index (χ3v) is 5.22. The van der Waals surface area contributed by atoms with E-state index < -0.39 is 10.0 Å².